The molecule has 14 N–H and O–H groups in total. The first kappa shape index (κ1) is 51.3. The van der Waals surface area contributed by atoms with Crippen LogP contribution in [-0.4, -0.2) is 131 Å². The van der Waals surface area contributed by atoms with E-state index in [-0.39, 0.29) is 50.8 Å². The number of hydrogen-bond acceptors (Lipinski definition) is 9. The summed E-state index contributed by atoms with van der Waals surface area (Å²) in [5.74, 6) is -8.51. The maximum absolute atomic E-state index is 13.8. The van der Waals surface area contributed by atoms with Crippen LogP contribution in [-0.2, 0) is 40.0 Å². The summed E-state index contributed by atoms with van der Waals surface area (Å²) in [6, 6.07) is 9.41. The Morgan fingerprint density at radius 3 is 1.65 bits per heavy atom. The maximum atomic E-state index is 13.8. The number of aliphatic carboxylic acids is 2. The lowest BCUT2D eigenvalue weighted by Crippen LogP contribution is -2.57. The Labute approximate surface area is 348 Å². The number of nitrogens with two attached hydrogens (primary N) is 4. The van der Waals surface area contributed by atoms with Crippen molar-refractivity contribution in [3.05, 3.63) is 48.0 Å². The van der Waals surface area contributed by atoms with Crippen LogP contribution in [0.5, 0.6) is 0 Å². The number of amides is 5. The Bertz CT molecular complexity index is 1950. The third-order valence-electron chi connectivity index (χ3n) is 8.82. The number of guanidine groups is 2. The summed E-state index contributed by atoms with van der Waals surface area (Å²) < 4.78 is 63.5. The van der Waals surface area contributed by atoms with Gasteiger partial charge in [-0.3, -0.25) is 34.0 Å². The molecule has 4 rings (SSSR count). The van der Waals surface area contributed by atoms with Gasteiger partial charge in [-0.05, 0) is 54.9 Å². The number of nitrogens with one attached hydrogen (secondary N) is 4. The average Bonchev–Trinajstić information content (AvgIpc) is 3.68. The van der Waals surface area contributed by atoms with Crippen LogP contribution in [0.3, 0.4) is 0 Å². The molecule has 2 aliphatic heterocycles. The van der Waals surface area contributed by atoms with Gasteiger partial charge in [0.1, 0.15) is 24.2 Å². The van der Waals surface area contributed by atoms with E-state index in [0.717, 1.165) is 16.3 Å². The van der Waals surface area contributed by atoms with Crippen LogP contribution in [0.4, 0.5) is 26.3 Å². The van der Waals surface area contributed by atoms with Gasteiger partial charge in [0.25, 0.3) is 0 Å². The molecular weight excluding hydrogens is 844 g/mol. The minimum Gasteiger partial charge on any atom is -0.475 e. The van der Waals surface area contributed by atoms with Crippen LogP contribution in [0.1, 0.15) is 44.1 Å². The molecule has 2 saturated heterocycles. The number of benzene rings is 2. The molecule has 2 heterocycles. The molecule has 26 heteroatoms. The van der Waals surface area contributed by atoms with Crippen molar-refractivity contribution in [3.8, 4) is 0 Å². The Morgan fingerprint density at radius 1 is 0.694 bits per heavy atom. The fraction of sp³-hybridized carbons (Fsp3) is 0.472. The van der Waals surface area contributed by atoms with Crippen molar-refractivity contribution in [2.24, 2.45) is 32.9 Å². The van der Waals surface area contributed by atoms with Crippen molar-refractivity contribution in [2.45, 2.75) is 81.5 Å². The summed E-state index contributed by atoms with van der Waals surface area (Å²) >= 11 is 0. The molecule has 2 aliphatic rings. The first-order chi connectivity index (χ1) is 28.9. The number of halogens is 6. The fourth-order valence-corrected chi connectivity index (χ4v) is 5.89. The van der Waals surface area contributed by atoms with E-state index in [1.807, 2.05) is 42.5 Å². The lowest BCUT2D eigenvalue weighted by Gasteiger charge is -2.27. The molecule has 0 spiro atoms. The Kier molecular flexibility index (Phi) is 19.7. The van der Waals surface area contributed by atoms with Crippen LogP contribution in [0.2, 0.25) is 0 Å². The number of carboxylic acids is 2. The number of rotatable bonds is 10. The number of alkyl halides is 6. The third-order valence-corrected chi connectivity index (χ3v) is 8.82. The predicted molar refractivity (Wildman–Crippen MR) is 208 cm³/mol. The predicted octanol–water partition coefficient (Wildman–Crippen LogP) is -0.669. The van der Waals surface area contributed by atoms with Gasteiger partial charge >= 0.3 is 24.3 Å². The van der Waals surface area contributed by atoms with E-state index in [1.165, 1.54) is 4.90 Å². The highest BCUT2D eigenvalue weighted by atomic mass is 19.4. The molecule has 2 aromatic carbocycles. The summed E-state index contributed by atoms with van der Waals surface area (Å²) in [5, 5.41) is 27.2. The molecule has 2 aromatic rings. The van der Waals surface area contributed by atoms with E-state index in [9.17, 15) is 50.3 Å². The van der Waals surface area contributed by atoms with Crippen molar-refractivity contribution in [2.75, 3.05) is 26.2 Å². The largest absolute Gasteiger partial charge is 0.490 e. The van der Waals surface area contributed by atoms with Gasteiger partial charge in [-0.15, -0.1) is 0 Å². The standard InChI is InChI=1S/C32H45N11O5.2C2HF3O2/c33-31(34)37-13-3-8-22-29(47)42-24(17-19-11-12-20-6-1-2-7-21(20)16-19)27(45)39-18-26(44)43-15-5-10-25(43)30(48)41-23(28(46)40-22)9-4-14-38-32(35)36;2*3-2(4,5)1(6)7/h1-2,6-7,11-12,16,22-25H,3-5,8-10,13-15,17-18H2,(H,39,45)(H,40,46)(H,41,48)(H,42,47)(H4,33,34,37)(H4,35,36,38);2*(H,6,7)/t22-,23-,24-,25+;;/m0../s1. The number of hydrogen-bond donors (Lipinski definition) is 10. The first-order valence-corrected chi connectivity index (χ1v) is 18.6. The second-order valence-corrected chi connectivity index (χ2v) is 13.5. The minimum absolute atomic E-state index is 0.107. The van der Waals surface area contributed by atoms with Crippen molar-refractivity contribution in [1.82, 2.24) is 26.2 Å². The van der Waals surface area contributed by atoms with Gasteiger partial charge in [0.15, 0.2) is 11.9 Å². The van der Waals surface area contributed by atoms with E-state index >= 15 is 0 Å². The average molecular weight is 892 g/mol. The van der Waals surface area contributed by atoms with E-state index in [0.29, 0.717) is 32.2 Å². The van der Waals surface area contributed by atoms with Crippen LogP contribution >= 0.6 is 0 Å². The van der Waals surface area contributed by atoms with Gasteiger partial charge < -0.3 is 59.3 Å². The lowest BCUT2D eigenvalue weighted by molar-refractivity contribution is -0.193. The van der Waals surface area contributed by atoms with Crippen molar-refractivity contribution < 1.29 is 70.1 Å². The maximum Gasteiger partial charge on any atom is 0.490 e. The summed E-state index contributed by atoms with van der Waals surface area (Å²) in [6.45, 7) is 0.362. The zero-order valence-corrected chi connectivity index (χ0v) is 32.8. The molecule has 2 fully saturated rings. The summed E-state index contributed by atoms with van der Waals surface area (Å²) in [5.41, 5.74) is 22.6. The highest BCUT2D eigenvalue weighted by Crippen LogP contribution is 2.20. The molecule has 0 radical (unpaired) electrons. The number of nitrogens with zero attached hydrogens (tertiary/aromatic N) is 3. The molecule has 4 atom stereocenters. The second kappa shape index (κ2) is 23.8. The normalized spacial score (nSPS) is 19.8. The molecule has 0 saturated carbocycles. The summed E-state index contributed by atoms with van der Waals surface area (Å²) in [6.07, 6.45) is -8.12. The van der Waals surface area contributed by atoms with Crippen LogP contribution in [0, 0.1) is 0 Å². The van der Waals surface area contributed by atoms with Gasteiger partial charge in [0.2, 0.25) is 29.5 Å². The van der Waals surface area contributed by atoms with Gasteiger partial charge in [0, 0.05) is 26.1 Å². The first-order valence-electron chi connectivity index (χ1n) is 18.6. The van der Waals surface area contributed by atoms with E-state index < -0.39 is 78.0 Å². The topological polar surface area (TPSA) is 340 Å². The molecular formula is C36H47F6N11O9. The smallest absolute Gasteiger partial charge is 0.475 e. The van der Waals surface area contributed by atoms with Crippen LogP contribution in [0.15, 0.2) is 52.4 Å². The second-order valence-electron chi connectivity index (χ2n) is 13.5. The van der Waals surface area contributed by atoms with Gasteiger partial charge in [0.05, 0.1) is 6.54 Å². The summed E-state index contributed by atoms with van der Waals surface area (Å²) in [4.78, 5) is 94.9. The van der Waals surface area contributed by atoms with Crippen molar-refractivity contribution >= 4 is 64.2 Å². The third kappa shape index (κ3) is 17.8. The van der Waals surface area contributed by atoms with Crippen molar-refractivity contribution in [1.29, 1.82) is 0 Å². The molecule has 0 unspecified atom stereocenters. The SMILES string of the molecule is NC(N)=NCCC[C@@H]1NC(=O)[C@H](CCCN=C(N)N)NC(=O)[C@H]2CCCN2C(=O)CNC(=O)[C@H](Cc2ccc3ccccc3c2)NC1=O.O=C(O)C(F)(F)F.O=C(O)C(F)(F)F. The zero-order chi connectivity index (χ0) is 46.8. The van der Waals surface area contributed by atoms with Gasteiger partial charge in [-0.2, -0.15) is 26.3 Å². The fourth-order valence-electron chi connectivity index (χ4n) is 5.89. The molecule has 5 amide bonds. The van der Waals surface area contributed by atoms with Crippen LogP contribution < -0.4 is 44.2 Å². The summed E-state index contributed by atoms with van der Waals surface area (Å²) in [7, 11) is 0. The number of carbonyl (C=O) groups is 7. The Balaban J connectivity index is 0.000000811. The minimum atomic E-state index is -5.08. The highest BCUT2D eigenvalue weighted by Gasteiger charge is 2.40. The molecule has 62 heavy (non-hydrogen) atoms. The van der Waals surface area contributed by atoms with Crippen LogP contribution in [0.25, 0.3) is 10.8 Å². The molecule has 0 bridgehead atoms. The molecule has 20 nitrogen and oxygen atoms in total. The Hall–Kier alpha value is -6.89. The lowest BCUT2D eigenvalue weighted by atomic mass is 10.0. The zero-order valence-electron chi connectivity index (χ0n) is 32.8. The van der Waals surface area contributed by atoms with Gasteiger partial charge in [-0.25, -0.2) is 9.59 Å². The van der Waals surface area contributed by atoms with E-state index in [1.54, 1.807) is 0 Å². The van der Waals surface area contributed by atoms with E-state index in [4.69, 9.17) is 42.7 Å². The molecule has 0 aliphatic carbocycles. The molecule has 0 aromatic heterocycles. The molecule has 342 valence electrons. The monoisotopic (exact) mass is 891 g/mol. The quantitative estimate of drug-likeness (QED) is 0.0613. The number of carboxylic acid groups (broad SMARTS) is 2. The number of fused-ring (bicyclic) bond motifs is 2. The van der Waals surface area contributed by atoms with Gasteiger partial charge in [-0.1, -0.05) is 42.5 Å². The number of carbonyl (C=O) groups excluding carboxylic acids is 5. The highest BCUT2D eigenvalue weighted by molar-refractivity contribution is 5.97. The number of aliphatic imine (C=N–C) groups is 2. The Morgan fingerprint density at radius 2 is 1.16 bits per heavy atom. The van der Waals surface area contributed by atoms with E-state index in [2.05, 4.69) is 31.3 Å². The van der Waals surface area contributed by atoms with Crippen molar-refractivity contribution in [3.63, 3.8) is 0 Å².